The summed E-state index contributed by atoms with van der Waals surface area (Å²) in [6, 6.07) is 3.79. The number of nitrogens with zero attached hydrogens (tertiary/aromatic N) is 2. The molecule has 0 N–H and O–H groups in total. The molecule has 0 amide bonds. The first kappa shape index (κ1) is 10.7. The third kappa shape index (κ3) is 1.91. The van der Waals surface area contributed by atoms with Crippen molar-refractivity contribution in [2.45, 2.75) is 19.8 Å². The number of carbonyl (C=O) groups is 1. The summed E-state index contributed by atoms with van der Waals surface area (Å²) in [5, 5.41) is 0. The molecule has 4 nitrogen and oxygen atoms in total. The number of imidazole rings is 1. The fourth-order valence-corrected chi connectivity index (χ4v) is 1.72. The van der Waals surface area contributed by atoms with Crippen LogP contribution in [0.1, 0.15) is 27.8 Å². The summed E-state index contributed by atoms with van der Waals surface area (Å²) >= 11 is 0. The first-order valence-corrected chi connectivity index (χ1v) is 5.22. The van der Waals surface area contributed by atoms with Crippen LogP contribution in [0.3, 0.4) is 0 Å². The summed E-state index contributed by atoms with van der Waals surface area (Å²) < 4.78 is 7.05. The third-order valence-corrected chi connectivity index (χ3v) is 2.74. The van der Waals surface area contributed by atoms with Gasteiger partial charge in [0.2, 0.25) is 0 Å². The van der Waals surface area contributed by atoms with Gasteiger partial charge in [-0.2, -0.15) is 0 Å². The van der Waals surface area contributed by atoms with Gasteiger partial charge in [-0.1, -0.05) is 0 Å². The van der Waals surface area contributed by atoms with Crippen molar-refractivity contribution < 1.29 is 9.21 Å². The fourth-order valence-electron chi connectivity index (χ4n) is 1.72. The van der Waals surface area contributed by atoms with Crippen LogP contribution in [0.2, 0.25) is 0 Å². The van der Waals surface area contributed by atoms with Crippen LogP contribution in [0.4, 0.5) is 0 Å². The van der Waals surface area contributed by atoms with Crippen molar-refractivity contribution in [3.63, 3.8) is 0 Å². The molecule has 2 rings (SSSR count). The van der Waals surface area contributed by atoms with Gasteiger partial charge < -0.3 is 8.98 Å². The average molecular weight is 218 g/mol. The first-order chi connectivity index (χ1) is 7.72. The van der Waals surface area contributed by atoms with Crippen molar-refractivity contribution in [3.05, 3.63) is 41.4 Å². The van der Waals surface area contributed by atoms with Gasteiger partial charge in [0.25, 0.3) is 0 Å². The average Bonchev–Trinajstić information content (AvgIpc) is 2.86. The molecule has 2 aromatic rings. The molecule has 0 aromatic carbocycles. The van der Waals surface area contributed by atoms with Crippen LogP contribution in [0.5, 0.6) is 0 Å². The highest BCUT2D eigenvalue weighted by atomic mass is 16.3. The molecule has 0 fully saturated rings. The lowest BCUT2D eigenvalue weighted by Gasteiger charge is -1.98. The molecule has 0 saturated heterocycles. The minimum Gasteiger partial charge on any atom is -0.469 e. The third-order valence-electron chi connectivity index (χ3n) is 2.74. The maximum absolute atomic E-state index is 10.9. The lowest BCUT2D eigenvalue weighted by molar-refractivity contribution is 0.111. The van der Waals surface area contributed by atoms with E-state index in [1.54, 1.807) is 6.26 Å². The molecular formula is C12H14N2O2. The van der Waals surface area contributed by atoms with E-state index in [1.807, 2.05) is 30.7 Å². The molecule has 0 atom stereocenters. The summed E-state index contributed by atoms with van der Waals surface area (Å²) in [6.07, 6.45) is 4.00. The Morgan fingerprint density at radius 2 is 2.31 bits per heavy atom. The Morgan fingerprint density at radius 3 is 2.94 bits per heavy atom. The zero-order valence-corrected chi connectivity index (χ0v) is 9.43. The van der Waals surface area contributed by atoms with E-state index in [-0.39, 0.29) is 0 Å². The van der Waals surface area contributed by atoms with Crippen molar-refractivity contribution in [1.82, 2.24) is 9.55 Å². The Labute approximate surface area is 93.9 Å². The molecule has 16 heavy (non-hydrogen) atoms. The second kappa shape index (κ2) is 4.35. The van der Waals surface area contributed by atoms with E-state index in [2.05, 4.69) is 4.98 Å². The highest BCUT2D eigenvalue weighted by molar-refractivity contribution is 5.74. The van der Waals surface area contributed by atoms with Gasteiger partial charge in [-0.05, 0) is 25.5 Å². The van der Waals surface area contributed by atoms with E-state index in [4.69, 9.17) is 4.42 Å². The Kier molecular flexibility index (Phi) is 2.90. The Balaban J connectivity index is 2.15. The minimum atomic E-state index is 0.657. The predicted molar refractivity (Wildman–Crippen MR) is 59.4 cm³/mol. The lowest BCUT2D eigenvalue weighted by atomic mass is 10.2. The van der Waals surface area contributed by atoms with E-state index in [0.29, 0.717) is 5.69 Å². The van der Waals surface area contributed by atoms with Gasteiger partial charge >= 0.3 is 0 Å². The topological polar surface area (TPSA) is 48.0 Å². The number of aryl methyl sites for hydroxylation is 3. The largest absolute Gasteiger partial charge is 0.469 e. The first-order valence-electron chi connectivity index (χ1n) is 5.22. The van der Waals surface area contributed by atoms with Crippen molar-refractivity contribution in [3.8, 4) is 0 Å². The van der Waals surface area contributed by atoms with E-state index in [0.717, 1.165) is 36.4 Å². The van der Waals surface area contributed by atoms with Crippen LogP contribution in [0.15, 0.2) is 22.8 Å². The van der Waals surface area contributed by atoms with E-state index in [1.165, 1.54) is 0 Å². The Morgan fingerprint density at radius 1 is 1.50 bits per heavy atom. The van der Waals surface area contributed by atoms with Crippen molar-refractivity contribution >= 4 is 6.29 Å². The van der Waals surface area contributed by atoms with Crippen molar-refractivity contribution in [2.75, 3.05) is 0 Å². The molecule has 0 radical (unpaired) electrons. The number of rotatable bonds is 4. The highest BCUT2D eigenvalue weighted by Gasteiger charge is 2.11. The Hall–Kier alpha value is -1.84. The number of aldehydes is 1. The van der Waals surface area contributed by atoms with Gasteiger partial charge in [0.15, 0.2) is 6.29 Å². The molecular weight excluding hydrogens is 204 g/mol. The van der Waals surface area contributed by atoms with Gasteiger partial charge in [-0.25, -0.2) is 4.98 Å². The molecule has 0 bridgehead atoms. The molecule has 4 heteroatoms. The summed E-state index contributed by atoms with van der Waals surface area (Å²) in [5.74, 6) is 1.77. The van der Waals surface area contributed by atoms with Crippen LogP contribution in [-0.2, 0) is 19.9 Å². The quantitative estimate of drug-likeness (QED) is 0.736. The zero-order valence-electron chi connectivity index (χ0n) is 9.43. The van der Waals surface area contributed by atoms with Gasteiger partial charge in [0.05, 0.1) is 12.0 Å². The second-order valence-electron chi connectivity index (χ2n) is 3.75. The summed E-state index contributed by atoms with van der Waals surface area (Å²) in [5.41, 5.74) is 1.50. The normalized spacial score (nSPS) is 10.6. The van der Waals surface area contributed by atoms with Crippen LogP contribution < -0.4 is 0 Å². The SMILES string of the molecule is Cc1nc(CCc2ccco2)c(C=O)n1C. The van der Waals surface area contributed by atoms with Crippen molar-refractivity contribution in [2.24, 2.45) is 7.05 Å². The molecule has 0 aliphatic rings. The predicted octanol–water partition coefficient (Wildman–Crippen LogP) is 1.92. The van der Waals surface area contributed by atoms with E-state index < -0.39 is 0 Å². The van der Waals surface area contributed by atoms with Crippen LogP contribution in [-0.4, -0.2) is 15.8 Å². The minimum absolute atomic E-state index is 0.657. The maximum Gasteiger partial charge on any atom is 0.168 e. The van der Waals surface area contributed by atoms with Crippen LogP contribution >= 0.6 is 0 Å². The van der Waals surface area contributed by atoms with Crippen LogP contribution in [0.25, 0.3) is 0 Å². The van der Waals surface area contributed by atoms with Gasteiger partial charge in [-0.15, -0.1) is 0 Å². The molecule has 0 spiro atoms. The van der Waals surface area contributed by atoms with Crippen LogP contribution in [0, 0.1) is 6.92 Å². The molecule has 0 aliphatic heterocycles. The summed E-state index contributed by atoms with van der Waals surface area (Å²) in [6.45, 7) is 1.89. The standard InChI is InChI=1S/C12H14N2O2/c1-9-13-11(12(8-15)14(9)2)6-5-10-4-3-7-16-10/h3-4,7-8H,5-6H2,1-2H3. The number of aromatic nitrogens is 2. The fraction of sp³-hybridized carbons (Fsp3) is 0.333. The Bertz CT molecular complexity index is 483. The number of furan rings is 1. The number of hydrogen-bond donors (Lipinski definition) is 0. The number of hydrogen-bond acceptors (Lipinski definition) is 3. The molecule has 84 valence electrons. The molecule has 2 heterocycles. The van der Waals surface area contributed by atoms with Gasteiger partial charge in [-0.3, -0.25) is 4.79 Å². The second-order valence-corrected chi connectivity index (χ2v) is 3.75. The zero-order chi connectivity index (χ0) is 11.5. The molecule has 2 aromatic heterocycles. The van der Waals surface area contributed by atoms with Crippen molar-refractivity contribution in [1.29, 1.82) is 0 Å². The molecule has 0 saturated carbocycles. The summed E-state index contributed by atoms with van der Waals surface area (Å²) in [7, 11) is 1.85. The summed E-state index contributed by atoms with van der Waals surface area (Å²) in [4.78, 5) is 15.3. The lowest BCUT2D eigenvalue weighted by Crippen LogP contribution is -1.99. The maximum atomic E-state index is 10.9. The smallest absolute Gasteiger partial charge is 0.168 e. The van der Waals surface area contributed by atoms with Gasteiger partial charge in [0, 0.05) is 13.5 Å². The van der Waals surface area contributed by atoms with Gasteiger partial charge in [0.1, 0.15) is 17.3 Å². The monoisotopic (exact) mass is 218 g/mol. The molecule has 0 aliphatic carbocycles. The van der Waals surface area contributed by atoms with E-state index in [9.17, 15) is 4.79 Å². The highest BCUT2D eigenvalue weighted by Crippen LogP contribution is 2.11. The molecule has 0 unspecified atom stereocenters. The number of carbonyl (C=O) groups excluding carboxylic acids is 1. The van der Waals surface area contributed by atoms with E-state index >= 15 is 0 Å².